The number of carbonyl (C=O) groups is 1. The topological polar surface area (TPSA) is 61.9 Å². The molecule has 0 aromatic rings. The van der Waals surface area contributed by atoms with Crippen molar-refractivity contribution in [3.05, 3.63) is 23.4 Å². The van der Waals surface area contributed by atoms with E-state index in [1.807, 2.05) is 6.20 Å². The second-order valence-corrected chi connectivity index (χ2v) is 8.87. The van der Waals surface area contributed by atoms with Gasteiger partial charge in [-0.2, -0.15) is 0 Å². The van der Waals surface area contributed by atoms with Gasteiger partial charge in [0.25, 0.3) is 0 Å². The van der Waals surface area contributed by atoms with Crippen LogP contribution in [0, 0.1) is 16.7 Å². The number of aliphatic hydroxyl groups excluding tert-OH is 1. The van der Waals surface area contributed by atoms with E-state index in [0.717, 1.165) is 31.3 Å². The Labute approximate surface area is 144 Å². The maximum absolute atomic E-state index is 13.0. The second-order valence-electron chi connectivity index (χ2n) is 8.87. The molecule has 2 aliphatic heterocycles. The zero-order chi connectivity index (χ0) is 17.3. The van der Waals surface area contributed by atoms with Crippen LogP contribution in [0.15, 0.2) is 23.4 Å². The van der Waals surface area contributed by atoms with Crippen LogP contribution in [0.5, 0.6) is 0 Å². The van der Waals surface area contributed by atoms with E-state index in [4.69, 9.17) is 4.74 Å². The third kappa shape index (κ3) is 1.90. The molecule has 4 aliphatic rings. The van der Waals surface area contributed by atoms with Crippen LogP contribution in [0.25, 0.3) is 0 Å². The fourth-order valence-electron chi connectivity index (χ4n) is 5.49. The molecule has 1 saturated heterocycles. The number of allylic oxidation sites excluding steroid dienone is 2. The van der Waals surface area contributed by atoms with Gasteiger partial charge in [-0.3, -0.25) is 4.79 Å². The van der Waals surface area contributed by atoms with Crippen molar-refractivity contribution in [1.82, 2.24) is 5.32 Å². The Balaban J connectivity index is 1.87. The average molecular weight is 331 g/mol. The Morgan fingerprint density at radius 1 is 1.33 bits per heavy atom. The number of rotatable bonds is 0. The number of aliphatic hydroxyl groups is 1. The summed E-state index contributed by atoms with van der Waals surface area (Å²) in [7, 11) is 0. The van der Waals surface area contributed by atoms with Crippen molar-refractivity contribution in [2.75, 3.05) is 0 Å². The number of nitrogens with one attached hydrogen (secondary N) is 1. The Morgan fingerprint density at radius 2 is 2.08 bits per heavy atom. The molecule has 2 bridgehead atoms. The summed E-state index contributed by atoms with van der Waals surface area (Å²) < 4.78 is 6.13. The molecule has 4 rings (SSSR count). The number of hydrogen-bond acceptors (Lipinski definition) is 3. The summed E-state index contributed by atoms with van der Waals surface area (Å²) in [6.07, 6.45) is 7.90. The highest BCUT2D eigenvalue weighted by molar-refractivity contribution is 5.92. The summed E-state index contributed by atoms with van der Waals surface area (Å²) >= 11 is 0. The van der Waals surface area contributed by atoms with Gasteiger partial charge in [-0.05, 0) is 62.9 Å². The van der Waals surface area contributed by atoms with Crippen LogP contribution < -0.4 is 5.32 Å². The van der Waals surface area contributed by atoms with Crippen molar-refractivity contribution in [2.45, 2.75) is 77.6 Å². The van der Waals surface area contributed by atoms with Gasteiger partial charge in [0.05, 0.1) is 11.7 Å². The van der Waals surface area contributed by atoms with Crippen molar-refractivity contribution in [3.8, 4) is 0 Å². The van der Waals surface area contributed by atoms with Crippen LogP contribution in [-0.4, -0.2) is 28.8 Å². The van der Waals surface area contributed by atoms with E-state index in [9.17, 15) is 9.90 Å². The maximum Gasteiger partial charge on any atom is 0.239 e. The molecule has 1 saturated carbocycles. The van der Waals surface area contributed by atoms with Gasteiger partial charge in [-0.15, -0.1) is 0 Å². The number of hydrogen-bond donors (Lipinski definition) is 2. The fraction of sp³-hybridized carbons (Fsp3) is 0.750. The monoisotopic (exact) mass is 331 g/mol. The maximum atomic E-state index is 13.0. The summed E-state index contributed by atoms with van der Waals surface area (Å²) in [5.74, 6) is 0.263. The number of fused-ring (bicyclic) bond motifs is 1. The van der Waals surface area contributed by atoms with Gasteiger partial charge in [-0.25, -0.2) is 0 Å². The van der Waals surface area contributed by atoms with Gasteiger partial charge in [0.1, 0.15) is 11.5 Å². The quantitative estimate of drug-likeness (QED) is 0.530. The van der Waals surface area contributed by atoms with Gasteiger partial charge >= 0.3 is 0 Å². The van der Waals surface area contributed by atoms with E-state index >= 15 is 0 Å². The standard InChI is InChI=1S/C20H29NO3/c1-12-6-5-8-19(4)16(24-19)20-14(11-21-17(20)23)18(3,9-7-12)13(2)10-15(20)22/h6,11,13,15-16,22H,5,7-10H2,1-4H3,(H,21,23)/b12-6+/t13-,15+,16+,18+,19-,20-/m1/s1. The van der Waals surface area contributed by atoms with Crippen LogP contribution in [0.2, 0.25) is 0 Å². The number of carbonyl (C=O) groups excluding carboxylic acids is 1. The predicted octanol–water partition coefficient (Wildman–Crippen LogP) is 3.07. The molecule has 0 aromatic heterocycles. The molecule has 0 spiro atoms. The minimum Gasteiger partial charge on any atom is -0.392 e. The fourth-order valence-corrected chi connectivity index (χ4v) is 5.49. The van der Waals surface area contributed by atoms with Gasteiger partial charge in [-0.1, -0.05) is 25.5 Å². The lowest BCUT2D eigenvalue weighted by molar-refractivity contribution is -0.139. The Bertz CT molecular complexity index is 653. The lowest BCUT2D eigenvalue weighted by atomic mass is 9.51. The van der Waals surface area contributed by atoms with Crippen molar-refractivity contribution in [1.29, 1.82) is 0 Å². The van der Waals surface area contributed by atoms with Gasteiger partial charge in [0.15, 0.2) is 0 Å². The minimum atomic E-state index is -0.895. The summed E-state index contributed by atoms with van der Waals surface area (Å²) in [6, 6.07) is 0. The van der Waals surface area contributed by atoms with Gasteiger partial charge < -0.3 is 15.2 Å². The van der Waals surface area contributed by atoms with E-state index in [2.05, 4.69) is 39.1 Å². The van der Waals surface area contributed by atoms with Crippen molar-refractivity contribution < 1.29 is 14.6 Å². The van der Waals surface area contributed by atoms with Crippen LogP contribution in [-0.2, 0) is 9.53 Å². The van der Waals surface area contributed by atoms with E-state index < -0.39 is 11.5 Å². The number of amides is 1. The van der Waals surface area contributed by atoms with E-state index in [1.54, 1.807) is 0 Å². The normalized spacial score (nSPS) is 52.9. The largest absolute Gasteiger partial charge is 0.392 e. The molecule has 2 aliphatic carbocycles. The van der Waals surface area contributed by atoms with Crippen molar-refractivity contribution in [2.24, 2.45) is 16.7 Å². The van der Waals surface area contributed by atoms with E-state index in [0.29, 0.717) is 12.3 Å². The molecule has 2 N–H and O–H groups in total. The van der Waals surface area contributed by atoms with Crippen LogP contribution in [0.3, 0.4) is 0 Å². The molecule has 1 amide bonds. The molecule has 6 atom stereocenters. The molecule has 24 heavy (non-hydrogen) atoms. The van der Waals surface area contributed by atoms with E-state index in [1.165, 1.54) is 5.57 Å². The minimum absolute atomic E-state index is 0.0687. The third-order valence-electron chi connectivity index (χ3n) is 7.44. The van der Waals surface area contributed by atoms with Crippen LogP contribution in [0.1, 0.15) is 59.8 Å². The molecular formula is C20H29NO3. The van der Waals surface area contributed by atoms with Gasteiger partial charge in [0, 0.05) is 6.20 Å². The first kappa shape index (κ1) is 16.3. The zero-order valence-corrected chi connectivity index (χ0v) is 15.2. The SMILES string of the molecule is C/C1=C\CC[C@@]2(C)O[C@@H]2[C@@]23C(=O)NC=C2[C@@](C)(CC1)[C@H](C)C[C@@H]3O. The molecule has 132 valence electrons. The first-order valence-electron chi connectivity index (χ1n) is 9.29. The van der Waals surface area contributed by atoms with Gasteiger partial charge in [0.2, 0.25) is 5.91 Å². The third-order valence-corrected chi connectivity index (χ3v) is 7.44. The Morgan fingerprint density at radius 3 is 2.83 bits per heavy atom. The average Bonchev–Trinajstić information content (AvgIpc) is 3.05. The number of ether oxygens (including phenoxy) is 1. The molecule has 2 fully saturated rings. The summed E-state index contributed by atoms with van der Waals surface area (Å²) in [5.41, 5.74) is 1.19. The zero-order valence-electron chi connectivity index (χ0n) is 15.2. The van der Waals surface area contributed by atoms with E-state index in [-0.39, 0.29) is 23.0 Å². The predicted molar refractivity (Wildman–Crippen MR) is 92.1 cm³/mol. The Hall–Kier alpha value is -1.13. The first-order chi connectivity index (χ1) is 11.2. The van der Waals surface area contributed by atoms with Crippen molar-refractivity contribution in [3.63, 3.8) is 0 Å². The lowest BCUT2D eigenvalue weighted by Gasteiger charge is -2.51. The highest BCUT2D eigenvalue weighted by Crippen LogP contribution is 2.65. The number of epoxide rings is 1. The van der Waals surface area contributed by atoms with Crippen LogP contribution >= 0.6 is 0 Å². The lowest BCUT2D eigenvalue weighted by Crippen LogP contribution is -2.58. The molecule has 0 radical (unpaired) electrons. The molecule has 4 nitrogen and oxygen atoms in total. The highest BCUT2D eigenvalue weighted by atomic mass is 16.6. The second kappa shape index (κ2) is 4.95. The Kier molecular flexibility index (Phi) is 3.37. The molecule has 0 unspecified atom stereocenters. The highest BCUT2D eigenvalue weighted by Gasteiger charge is 2.74. The molecule has 2 heterocycles. The molecular weight excluding hydrogens is 302 g/mol. The van der Waals surface area contributed by atoms with Crippen molar-refractivity contribution >= 4 is 5.91 Å². The first-order valence-corrected chi connectivity index (χ1v) is 9.29. The summed E-state index contributed by atoms with van der Waals surface area (Å²) in [5, 5.41) is 14.0. The smallest absolute Gasteiger partial charge is 0.239 e. The summed E-state index contributed by atoms with van der Waals surface area (Å²) in [4.78, 5) is 13.0. The molecule has 4 heteroatoms. The molecule has 0 aromatic carbocycles. The summed E-state index contributed by atoms with van der Waals surface area (Å²) in [6.45, 7) is 8.79. The van der Waals surface area contributed by atoms with Crippen LogP contribution in [0.4, 0.5) is 0 Å².